The molecule has 1 aliphatic heterocycles. The van der Waals surface area contributed by atoms with E-state index in [1.54, 1.807) is 6.92 Å². The molecular weight excluding hydrogens is 380 g/mol. The predicted molar refractivity (Wildman–Crippen MR) is 105 cm³/mol. The molecular formula is C21H34O8. The maximum atomic E-state index is 12.0. The second-order valence-corrected chi connectivity index (χ2v) is 7.37. The molecule has 4 unspecified atom stereocenters. The number of rotatable bonds is 14. The lowest BCUT2D eigenvalue weighted by molar-refractivity contribution is -0.181. The molecule has 8 nitrogen and oxygen atoms in total. The Morgan fingerprint density at radius 1 is 1.17 bits per heavy atom. The van der Waals surface area contributed by atoms with Crippen molar-refractivity contribution in [2.45, 2.75) is 89.8 Å². The van der Waals surface area contributed by atoms with Gasteiger partial charge in [-0.2, -0.15) is 0 Å². The molecule has 1 aliphatic rings. The molecule has 1 fully saturated rings. The van der Waals surface area contributed by atoms with Gasteiger partial charge in [-0.05, 0) is 13.3 Å². The lowest BCUT2D eigenvalue weighted by Crippen LogP contribution is -2.43. The largest absolute Gasteiger partial charge is 0.466 e. The fourth-order valence-corrected chi connectivity index (χ4v) is 3.41. The molecule has 1 saturated heterocycles. The number of carbonyl (C=O) groups excluding carboxylic acids is 3. The maximum Gasteiger partial charge on any atom is 0.337 e. The molecule has 0 aromatic heterocycles. The van der Waals surface area contributed by atoms with Crippen molar-refractivity contribution < 1.29 is 38.1 Å². The van der Waals surface area contributed by atoms with Gasteiger partial charge in [0.25, 0.3) is 6.47 Å². The quantitative estimate of drug-likeness (QED) is 0.141. The summed E-state index contributed by atoms with van der Waals surface area (Å²) in [5, 5.41) is 0. The Labute approximate surface area is 172 Å². The SMILES string of the molecule is C=C(C(=O)OC)C(OC(C)=O)C1OC(C)(CCCCCCCC)OC1COC=O. The van der Waals surface area contributed by atoms with Crippen molar-refractivity contribution >= 4 is 18.4 Å². The third-order valence-electron chi connectivity index (χ3n) is 4.85. The molecule has 0 aromatic rings. The Morgan fingerprint density at radius 2 is 1.83 bits per heavy atom. The van der Waals surface area contributed by atoms with E-state index in [1.165, 1.54) is 33.3 Å². The van der Waals surface area contributed by atoms with Crippen LogP contribution in [0.3, 0.4) is 0 Å². The minimum Gasteiger partial charge on any atom is -0.466 e. The fraction of sp³-hybridized carbons (Fsp3) is 0.762. The summed E-state index contributed by atoms with van der Waals surface area (Å²) in [6, 6.07) is 0. The summed E-state index contributed by atoms with van der Waals surface area (Å²) in [5.74, 6) is -2.29. The van der Waals surface area contributed by atoms with Crippen molar-refractivity contribution in [3.63, 3.8) is 0 Å². The van der Waals surface area contributed by atoms with Gasteiger partial charge in [0.05, 0.1) is 12.7 Å². The first-order chi connectivity index (χ1) is 13.8. The van der Waals surface area contributed by atoms with Gasteiger partial charge in [0.1, 0.15) is 18.8 Å². The van der Waals surface area contributed by atoms with Gasteiger partial charge in [-0.3, -0.25) is 9.59 Å². The van der Waals surface area contributed by atoms with Gasteiger partial charge in [0, 0.05) is 13.3 Å². The number of esters is 2. The zero-order chi connectivity index (χ0) is 21.9. The predicted octanol–water partition coefficient (Wildman–Crippen LogP) is 3.07. The molecule has 0 spiro atoms. The standard InChI is InChI=1S/C21H34O8/c1-6-7-8-9-10-11-12-21(4)28-17(13-26-14-22)19(29-21)18(27-16(3)23)15(2)20(24)25-5/h14,17-19H,2,6-13H2,1,3-5H3. The highest BCUT2D eigenvalue weighted by atomic mass is 16.8. The zero-order valence-corrected chi connectivity index (χ0v) is 17.9. The highest BCUT2D eigenvalue weighted by molar-refractivity contribution is 5.89. The first-order valence-corrected chi connectivity index (χ1v) is 10.1. The van der Waals surface area contributed by atoms with Crippen molar-refractivity contribution in [1.82, 2.24) is 0 Å². The zero-order valence-electron chi connectivity index (χ0n) is 17.9. The maximum absolute atomic E-state index is 12.0. The minimum atomic E-state index is -1.12. The van der Waals surface area contributed by atoms with Gasteiger partial charge in [0.2, 0.25) is 0 Å². The van der Waals surface area contributed by atoms with Crippen molar-refractivity contribution in [1.29, 1.82) is 0 Å². The number of methoxy groups -OCH3 is 1. The third kappa shape index (κ3) is 8.14. The van der Waals surface area contributed by atoms with E-state index in [0.717, 1.165) is 19.3 Å². The molecule has 0 amide bonds. The minimum absolute atomic E-state index is 0.0729. The van der Waals surface area contributed by atoms with Crippen LogP contribution in [-0.2, 0) is 38.1 Å². The Bertz CT molecular complexity index is 561. The van der Waals surface area contributed by atoms with Crippen LogP contribution in [0.25, 0.3) is 0 Å². The van der Waals surface area contributed by atoms with Crippen LogP contribution in [-0.4, -0.2) is 56.2 Å². The molecule has 1 heterocycles. The number of ether oxygens (including phenoxy) is 5. The van der Waals surface area contributed by atoms with E-state index in [2.05, 4.69) is 13.5 Å². The first-order valence-electron chi connectivity index (χ1n) is 10.1. The number of carbonyl (C=O) groups is 3. The van der Waals surface area contributed by atoms with Gasteiger partial charge >= 0.3 is 11.9 Å². The molecule has 8 heteroatoms. The Hall–Kier alpha value is -1.93. The highest BCUT2D eigenvalue weighted by Gasteiger charge is 2.50. The molecule has 1 rings (SSSR count). The summed E-state index contributed by atoms with van der Waals surface area (Å²) in [7, 11) is 1.21. The molecule has 0 bridgehead atoms. The summed E-state index contributed by atoms with van der Waals surface area (Å²) in [6.07, 6.45) is 4.59. The van der Waals surface area contributed by atoms with Gasteiger partial charge in [-0.25, -0.2) is 4.79 Å². The van der Waals surface area contributed by atoms with E-state index >= 15 is 0 Å². The van der Waals surface area contributed by atoms with Crippen LogP contribution in [0.5, 0.6) is 0 Å². The van der Waals surface area contributed by atoms with Gasteiger partial charge in [-0.15, -0.1) is 0 Å². The second-order valence-electron chi connectivity index (χ2n) is 7.37. The van der Waals surface area contributed by atoms with Crippen LogP contribution in [0.15, 0.2) is 12.2 Å². The van der Waals surface area contributed by atoms with Crippen LogP contribution in [0.1, 0.15) is 65.7 Å². The molecule has 166 valence electrons. The summed E-state index contributed by atoms with van der Waals surface area (Å²) < 4.78 is 27.0. The van der Waals surface area contributed by atoms with E-state index in [1.807, 2.05) is 0 Å². The van der Waals surface area contributed by atoms with Gasteiger partial charge < -0.3 is 23.7 Å². The van der Waals surface area contributed by atoms with Gasteiger partial charge in [0.15, 0.2) is 11.9 Å². The number of hydrogen-bond acceptors (Lipinski definition) is 8. The van der Waals surface area contributed by atoms with Crippen LogP contribution in [0, 0.1) is 0 Å². The van der Waals surface area contributed by atoms with Crippen LogP contribution in [0.2, 0.25) is 0 Å². The average Bonchev–Trinajstić information content (AvgIpc) is 3.02. The van der Waals surface area contributed by atoms with Crippen LogP contribution >= 0.6 is 0 Å². The summed E-state index contributed by atoms with van der Waals surface area (Å²) in [6.45, 7) is 9.08. The fourth-order valence-electron chi connectivity index (χ4n) is 3.41. The average molecular weight is 414 g/mol. The van der Waals surface area contributed by atoms with E-state index in [-0.39, 0.29) is 12.2 Å². The Kier molecular flexibility index (Phi) is 10.9. The van der Waals surface area contributed by atoms with Crippen LogP contribution < -0.4 is 0 Å². The van der Waals surface area contributed by atoms with Crippen molar-refractivity contribution in [2.75, 3.05) is 13.7 Å². The summed E-state index contributed by atoms with van der Waals surface area (Å²) in [5.41, 5.74) is -0.0729. The Balaban J connectivity index is 2.88. The molecule has 0 saturated carbocycles. The molecule has 4 atom stereocenters. The third-order valence-corrected chi connectivity index (χ3v) is 4.85. The molecule has 29 heavy (non-hydrogen) atoms. The van der Waals surface area contributed by atoms with Crippen molar-refractivity contribution in [3.8, 4) is 0 Å². The van der Waals surface area contributed by atoms with Gasteiger partial charge in [-0.1, -0.05) is 45.6 Å². The molecule has 0 N–H and O–H groups in total. The van der Waals surface area contributed by atoms with E-state index in [4.69, 9.17) is 23.7 Å². The molecule has 0 radical (unpaired) electrons. The van der Waals surface area contributed by atoms with E-state index in [0.29, 0.717) is 12.9 Å². The smallest absolute Gasteiger partial charge is 0.337 e. The number of unbranched alkanes of at least 4 members (excludes halogenated alkanes) is 5. The first kappa shape index (κ1) is 25.1. The van der Waals surface area contributed by atoms with Crippen LogP contribution in [0.4, 0.5) is 0 Å². The topological polar surface area (TPSA) is 97.4 Å². The summed E-state index contributed by atoms with van der Waals surface area (Å²) in [4.78, 5) is 34.2. The second kappa shape index (κ2) is 12.6. The lowest BCUT2D eigenvalue weighted by atomic mass is 10.0. The normalized spacial score (nSPS) is 24.6. The highest BCUT2D eigenvalue weighted by Crippen LogP contribution is 2.37. The van der Waals surface area contributed by atoms with Crippen molar-refractivity contribution in [3.05, 3.63) is 12.2 Å². The number of hydrogen-bond donors (Lipinski definition) is 0. The van der Waals surface area contributed by atoms with E-state index < -0.39 is 36.0 Å². The molecule has 0 aromatic carbocycles. The molecule has 0 aliphatic carbocycles. The monoisotopic (exact) mass is 414 g/mol. The summed E-state index contributed by atoms with van der Waals surface area (Å²) >= 11 is 0. The lowest BCUT2D eigenvalue weighted by Gasteiger charge is -2.27. The Morgan fingerprint density at radius 3 is 2.41 bits per heavy atom. The van der Waals surface area contributed by atoms with E-state index in [9.17, 15) is 14.4 Å². The van der Waals surface area contributed by atoms with Crippen molar-refractivity contribution in [2.24, 2.45) is 0 Å².